The summed E-state index contributed by atoms with van der Waals surface area (Å²) in [6.07, 6.45) is 0. The van der Waals surface area contributed by atoms with Gasteiger partial charge in [0, 0.05) is 34.8 Å². The number of carbonyl (C=O) groups is 1. The molecule has 17 heavy (non-hydrogen) atoms. The van der Waals surface area contributed by atoms with Gasteiger partial charge in [0.2, 0.25) is 0 Å². The molecule has 0 radical (unpaired) electrons. The maximum absolute atomic E-state index is 12.2. The van der Waals surface area contributed by atoms with Gasteiger partial charge < -0.3 is 10.2 Å². The van der Waals surface area contributed by atoms with Crippen LogP contribution in [0.1, 0.15) is 17.3 Å². The minimum absolute atomic E-state index is 0. The normalized spacial score (nSPS) is 19.6. The van der Waals surface area contributed by atoms with E-state index in [4.69, 9.17) is 0 Å². The molecule has 3 nitrogen and oxygen atoms in total. The van der Waals surface area contributed by atoms with E-state index in [1.165, 1.54) is 0 Å². The summed E-state index contributed by atoms with van der Waals surface area (Å²) in [5, 5.41) is 3.33. The van der Waals surface area contributed by atoms with E-state index >= 15 is 0 Å². The minimum atomic E-state index is 0. The minimum Gasteiger partial charge on any atom is -0.336 e. The standard InChI is InChI=1S/C12H15IN2O.ClH/c1-9-8-15(6-5-14-9)12(16)10-3-2-4-11(13)7-10;/h2-4,7,9,14H,5-6,8H2,1H3;1H. The van der Waals surface area contributed by atoms with Crippen molar-refractivity contribution in [2.24, 2.45) is 0 Å². The van der Waals surface area contributed by atoms with Crippen molar-refractivity contribution in [1.82, 2.24) is 10.2 Å². The molecule has 1 atom stereocenters. The van der Waals surface area contributed by atoms with Crippen LogP contribution in [-0.4, -0.2) is 36.5 Å². The number of hydrogen-bond donors (Lipinski definition) is 1. The second kappa shape index (κ2) is 6.56. The first-order valence-electron chi connectivity index (χ1n) is 5.45. The second-order valence-electron chi connectivity index (χ2n) is 4.12. The van der Waals surface area contributed by atoms with Gasteiger partial charge in [0.1, 0.15) is 0 Å². The summed E-state index contributed by atoms with van der Waals surface area (Å²) in [5.41, 5.74) is 0.793. The average Bonchev–Trinajstić information content (AvgIpc) is 2.28. The van der Waals surface area contributed by atoms with Gasteiger partial charge >= 0.3 is 0 Å². The van der Waals surface area contributed by atoms with Crippen LogP contribution >= 0.6 is 35.0 Å². The summed E-state index contributed by atoms with van der Waals surface area (Å²) in [6.45, 7) is 4.59. The Labute approximate surface area is 122 Å². The summed E-state index contributed by atoms with van der Waals surface area (Å²) >= 11 is 2.23. The maximum atomic E-state index is 12.2. The zero-order valence-corrected chi connectivity index (χ0v) is 12.6. The molecular weight excluding hydrogens is 351 g/mol. The average molecular weight is 367 g/mol. The summed E-state index contributed by atoms with van der Waals surface area (Å²) in [7, 11) is 0. The fourth-order valence-corrected chi connectivity index (χ4v) is 2.46. The number of piperazine rings is 1. The Morgan fingerprint density at radius 1 is 1.53 bits per heavy atom. The number of benzene rings is 1. The van der Waals surface area contributed by atoms with E-state index in [1.807, 2.05) is 29.2 Å². The number of hydrogen-bond acceptors (Lipinski definition) is 2. The number of rotatable bonds is 1. The third-order valence-electron chi connectivity index (χ3n) is 2.73. The van der Waals surface area contributed by atoms with Crippen LogP contribution in [0.25, 0.3) is 0 Å². The van der Waals surface area contributed by atoms with Gasteiger partial charge in [0.05, 0.1) is 0 Å². The largest absolute Gasteiger partial charge is 0.336 e. The highest BCUT2D eigenvalue weighted by molar-refractivity contribution is 14.1. The molecule has 1 unspecified atom stereocenters. The van der Waals surface area contributed by atoms with E-state index in [1.54, 1.807) is 0 Å². The molecule has 5 heteroatoms. The van der Waals surface area contributed by atoms with Crippen molar-refractivity contribution >= 4 is 40.9 Å². The summed E-state index contributed by atoms with van der Waals surface area (Å²) in [4.78, 5) is 14.1. The van der Waals surface area contributed by atoms with Crippen LogP contribution < -0.4 is 5.32 Å². The third-order valence-corrected chi connectivity index (χ3v) is 3.40. The lowest BCUT2D eigenvalue weighted by Crippen LogP contribution is -2.51. The zero-order chi connectivity index (χ0) is 11.5. The van der Waals surface area contributed by atoms with E-state index in [0.29, 0.717) is 6.04 Å². The second-order valence-corrected chi connectivity index (χ2v) is 5.36. The van der Waals surface area contributed by atoms with Crippen LogP contribution in [0.4, 0.5) is 0 Å². The molecule has 0 aromatic heterocycles. The Morgan fingerprint density at radius 3 is 2.94 bits per heavy atom. The molecule has 1 fully saturated rings. The van der Waals surface area contributed by atoms with Crippen molar-refractivity contribution in [2.45, 2.75) is 13.0 Å². The van der Waals surface area contributed by atoms with Crippen molar-refractivity contribution in [1.29, 1.82) is 0 Å². The van der Waals surface area contributed by atoms with Gasteiger partial charge in [0.25, 0.3) is 5.91 Å². The Kier molecular flexibility index (Phi) is 5.69. The maximum Gasteiger partial charge on any atom is 0.253 e. The van der Waals surface area contributed by atoms with Gasteiger partial charge in [-0.15, -0.1) is 12.4 Å². The summed E-state index contributed by atoms with van der Waals surface area (Å²) in [5.74, 6) is 0.145. The van der Waals surface area contributed by atoms with Gasteiger partial charge in [-0.3, -0.25) is 4.79 Å². The van der Waals surface area contributed by atoms with E-state index < -0.39 is 0 Å². The van der Waals surface area contributed by atoms with Crippen LogP contribution in [0.3, 0.4) is 0 Å². The molecule has 1 aromatic rings. The number of nitrogens with zero attached hydrogens (tertiary/aromatic N) is 1. The molecule has 0 saturated carbocycles. The van der Waals surface area contributed by atoms with Gasteiger partial charge in [-0.25, -0.2) is 0 Å². The number of halogens is 2. The molecule has 1 aromatic carbocycles. The van der Waals surface area contributed by atoms with Crippen LogP contribution in [0.2, 0.25) is 0 Å². The first-order valence-corrected chi connectivity index (χ1v) is 6.53. The van der Waals surface area contributed by atoms with Crippen LogP contribution in [0, 0.1) is 3.57 Å². The summed E-state index contributed by atoms with van der Waals surface area (Å²) < 4.78 is 1.10. The summed E-state index contributed by atoms with van der Waals surface area (Å²) in [6, 6.07) is 8.14. The Hall–Kier alpha value is -0.330. The first-order chi connectivity index (χ1) is 7.66. The van der Waals surface area contributed by atoms with Crippen molar-refractivity contribution < 1.29 is 4.79 Å². The lowest BCUT2D eigenvalue weighted by atomic mass is 10.1. The Morgan fingerprint density at radius 2 is 2.29 bits per heavy atom. The fourth-order valence-electron chi connectivity index (χ4n) is 1.92. The van der Waals surface area contributed by atoms with E-state index in [-0.39, 0.29) is 18.3 Å². The molecular formula is C12H16ClIN2O. The van der Waals surface area contributed by atoms with Crippen LogP contribution in [0.15, 0.2) is 24.3 Å². The highest BCUT2D eigenvalue weighted by atomic mass is 127. The highest BCUT2D eigenvalue weighted by Crippen LogP contribution is 2.11. The highest BCUT2D eigenvalue weighted by Gasteiger charge is 2.21. The lowest BCUT2D eigenvalue weighted by molar-refractivity contribution is 0.0709. The zero-order valence-electron chi connectivity index (χ0n) is 9.65. The Balaban J connectivity index is 0.00000144. The van der Waals surface area contributed by atoms with Crippen molar-refractivity contribution in [3.8, 4) is 0 Å². The molecule has 2 rings (SSSR count). The molecule has 0 spiro atoms. The quantitative estimate of drug-likeness (QED) is 0.773. The SMILES string of the molecule is CC1CN(C(=O)c2cccc(I)c2)CCN1.Cl. The molecule has 1 saturated heterocycles. The molecule has 1 amide bonds. The van der Waals surface area contributed by atoms with Crippen molar-refractivity contribution in [3.63, 3.8) is 0 Å². The fraction of sp³-hybridized carbons (Fsp3) is 0.417. The predicted molar refractivity (Wildman–Crippen MR) is 79.8 cm³/mol. The van der Waals surface area contributed by atoms with Crippen LogP contribution in [-0.2, 0) is 0 Å². The monoisotopic (exact) mass is 366 g/mol. The van der Waals surface area contributed by atoms with E-state index in [2.05, 4.69) is 34.8 Å². The number of carbonyl (C=O) groups excluding carboxylic acids is 1. The van der Waals surface area contributed by atoms with Gasteiger partial charge in [-0.05, 0) is 47.7 Å². The van der Waals surface area contributed by atoms with E-state index in [0.717, 1.165) is 28.8 Å². The number of nitrogens with one attached hydrogen (secondary N) is 1. The van der Waals surface area contributed by atoms with Gasteiger partial charge in [0.15, 0.2) is 0 Å². The number of amides is 1. The molecule has 0 aliphatic carbocycles. The molecule has 94 valence electrons. The molecule has 1 aliphatic heterocycles. The predicted octanol–water partition coefficient (Wildman–Crippen LogP) is 2.15. The lowest BCUT2D eigenvalue weighted by Gasteiger charge is -2.32. The van der Waals surface area contributed by atoms with Gasteiger partial charge in [-0.1, -0.05) is 6.07 Å². The smallest absolute Gasteiger partial charge is 0.253 e. The van der Waals surface area contributed by atoms with E-state index in [9.17, 15) is 4.79 Å². The van der Waals surface area contributed by atoms with Crippen molar-refractivity contribution in [2.75, 3.05) is 19.6 Å². The molecule has 1 heterocycles. The van der Waals surface area contributed by atoms with Gasteiger partial charge in [-0.2, -0.15) is 0 Å². The first kappa shape index (κ1) is 14.7. The van der Waals surface area contributed by atoms with Crippen LogP contribution in [0.5, 0.6) is 0 Å². The van der Waals surface area contributed by atoms with Crippen molar-refractivity contribution in [3.05, 3.63) is 33.4 Å². The molecule has 1 aliphatic rings. The molecule has 1 N–H and O–H groups in total. The third kappa shape index (κ3) is 3.82. The Bertz CT molecular complexity index is 400. The topological polar surface area (TPSA) is 32.3 Å². The molecule has 0 bridgehead atoms.